The van der Waals surface area contributed by atoms with Gasteiger partial charge >= 0.3 is 5.97 Å². The van der Waals surface area contributed by atoms with E-state index in [1.807, 2.05) is 42.6 Å². The maximum atomic E-state index is 10.6. The van der Waals surface area contributed by atoms with E-state index in [-0.39, 0.29) is 6.61 Å². The van der Waals surface area contributed by atoms with E-state index in [0.717, 1.165) is 27.6 Å². The molecule has 0 amide bonds. The number of rotatable bonds is 8. The monoisotopic (exact) mass is 385 g/mol. The molecule has 0 saturated heterocycles. The van der Waals surface area contributed by atoms with Crippen molar-refractivity contribution < 1.29 is 24.1 Å². The SMILES string of the molecule is COc1cccc(-c2csc(COc3ccc(OCC(=O)O)c(C)c3)n2)c1. The summed E-state index contributed by atoms with van der Waals surface area (Å²) >= 11 is 1.53. The van der Waals surface area contributed by atoms with Gasteiger partial charge in [0.2, 0.25) is 0 Å². The van der Waals surface area contributed by atoms with Crippen LogP contribution in [0.5, 0.6) is 17.2 Å². The number of aromatic nitrogens is 1. The number of carbonyl (C=O) groups is 1. The smallest absolute Gasteiger partial charge is 0.341 e. The number of ether oxygens (including phenoxy) is 3. The molecule has 27 heavy (non-hydrogen) atoms. The maximum absolute atomic E-state index is 10.6. The van der Waals surface area contributed by atoms with Crippen LogP contribution in [-0.4, -0.2) is 29.8 Å². The number of benzene rings is 2. The van der Waals surface area contributed by atoms with Gasteiger partial charge in [0.25, 0.3) is 0 Å². The zero-order chi connectivity index (χ0) is 19.2. The highest BCUT2D eigenvalue weighted by atomic mass is 32.1. The summed E-state index contributed by atoms with van der Waals surface area (Å²) in [5, 5.41) is 11.5. The zero-order valence-corrected chi connectivity index (χ0v) is 15.8. The predicted molar refractivity (Wildman–Crippen MR) is 103 cm³/mol. The molecule has 0 aliphatic heterocycles. The third-order valence-corrected chi connectivity index (χ3v) is 4.60. The molecule has 2 aromatic carbocycles. The summed E-state index contributed by atoms with van der Waals surface area (Å²) in [6.45, 7) is 1.82. The third kappa shape index (κ3) is 4.98. The maximum Gasteiger partial charge on any atom is 0.341 e. The lowest BCUT2D eigenvalue weighted by molar-refractivity contribution is -0.139. The van der Waals surface area contributed by atoms with Crippen LogP contribution >= 0.6 is 11.3 Å². The Labute approximate surface area is 161 Å². The highest BCUT2D eigenvalue weighted by molar-refractivity contribution is 7.09. The molecule has 7 heteroatoms. The van der Waals surface area contributed by atoms with Gasteiger partial charge in [0.15, 0.2) is 6.61 Å². The van der Waals surface area contributed by atoms with Gasteiger partial charge in [0.1, 0.15) is 28.9 Å². The van der Waals surface area contributed by atoms with Crippen LogP contribution in [0.1, 0.15) is 10.6 Å². The largest absolute Gasteiger partial charge is 0.497 e. The van der Waals surface area contributed by atoms with Crippen LogP contribution < -0.4 is 14.2 Å². The topological polar surface area (TPSA) is 77.9 Å². The quantitative estimate of drug-likeness (QED) is 0.627. The van der Waals surface area contributed by atoms with Gasteiger partial charge in [-0.3, -0.25) is 0 Å². The van der Waals surface area contributed by atoms with Gasteiger partial charge in [-0.25, -0.2) is 9.78 Å². The Hall–Kier alpha value is -3.06. The van der Waals surface area contributed by atoms with Gasteiger partial charge < -0.3 is 19.3 Å². The number of aryl methyl sites for hydroxylation is 1. The lowest BCUT2D eigenvalue weighted by atomic mass is 10.2. The van der Waals surface area contributed by atoms with E-state index in [9.17, 15) is 4.79 Å². The lowest BCUT2D eigenvalue weighted by Crippen LogP contribution is -2.10. The van der Waals surface area contributed by atoms with Gasteiger partial charge in [-0.2, -0.15) is 0 Å². The minimum Gasteiger partial charge on any atom is -0.497 e. The molecule has 0 fully saturated rings. The Morgan fingerprint density at radius 3 is 2.74 bits per heavy atom. The molecule has 0 unspecified atom stereocenters. The first-order chi connectivity index (χ1) is 13.0. The van der Waals surface area contributed by atoms with E-state index in [4.69, 9.17) is 19.3 Å². The van der Waals surface area contributed by atoms with Crippen molar-refractivity contribution in [3.8, 4) is 28.5 Å². The minimum absolute atomic E-state index is 0.351. The van der Waals surface area contributed by atoms with E-state index in [1.165, 1.54) is 11.3 Å². The van der Waals surface area contributed by atoms with Crippen LogP contribution in [0.2, 0.25) is 0 Å². The van der Waals surface area contributed by atoms with E-state index in [1.54, 1.807) is 19.2 Å². The van der Waals surface area contributed by atoms with E-state index >= 15 is 0 Å². The molecule has 0 radical (unpaired) electrons. The van der Waals surface area contributed by atoms with Crippen molar-refractivity contribution in [3.63, 3.8) is 0 Å². The molecular formula is C20H19NO5S. The summed E-state index contributed by atoms with van der Waals surface area (Å²) in [6, 6.07) is 13.0. The average Bonchev–Trinajstić information content (AvgIpc) is 3.14. The van der Waals surface area contributed by atoms with Crippen LogP contribution in [-0.2, 0) is 11.4 Å². The summed E-state index contributed by atoms with van der Waals surface area (Å²) in [5.74, 6) is 0.983. The molecule has 3 rings (SSSR count). The third-order valence-electron chi connectivity index (χ3n) is 3.78. The summed E-state index contributed by atoms with van der Waals surface area (Å²) in [6.07, 6.45) is 0. The van der Waals surface area contributed by atoms with Crippen LogP contribution in [0.15, 0.2) is 47.8 Å². The van der Waals surface area contributed by atoms with Crippen molar-refractivity contribution in [2.45, 2.75) is 13.5 Å². The summed E-state index contributed by atoms with van der Waals surface area (Å²) < 4.78 is 16.3. The molecule has 0 bridgehead atoms. The second-order valence-corrected chi connectivity index (χ2v) is 6.70. The fourth-order valence-corrected chi connectivity index (χ4v) is 3.16. The van der Waals surface area contributed by atoms with E-state index in [2.05, 4.69) is 4.98 Å². The Bertz CT molecular complexity index is 938. The van der Waals surface area contributed by atoms with Crippen molar-refractivity contribution in [1.29, 1.82) is 0 Å². The summed E-state index contributed by atoms with van der Waals surface area (Å²) in [7, 11) is 1.64. The Kier molecular flexibility index (Phi) is 5.93. The Morgan fingerprint density at radius 2 is 2.00 bits per heavy atom. The highest BCUT2D eigenvalue weighted by Gasteiger charge is 2.08. The van der Waals surface area contributed by atoms with Crippen LogP contribution in [0, 0.1) is 6.92 Å². The van der Waals surface area contributed by atoms with Crippen LogP contribution in [0.3, 0.4) is 0 Å². The number of aliphatic carboxylic acids is 1. The van der Waals surface area contributed by atoms with Crippen molar-refractivity contribution >= 4 is 17.3 Å². The number of thiazole rings is 1. The fourth-order valence-electron chi connectivity index (χ4n) is 2.45. The van der Waals surface area contributed by atoms with Gasteiger partial charge in [-0.05, 0) is 42.8 Å². The molecule has 0 spiro atoms. The summed E-state index contributed by atoms with van der Waals surface area (Å²) in [4.78, 5) is 15.2. The molecule has 0 saturated carbocycles. The van der Waals surface area contributed by atoms with Gasteiger partial charge in [0.05, 0.1) is 12.8 Å². The number of methoxy groups -OCH3 is 1. The second-order valence-electron chi connectivity index (χ2n) is 5.76. The number of carboxylic acid groups (broad SMARTS) is 1. The highest BCUT2D eigenvalue weighted by Crippen LogP contribution is 2.27. The molecule has 6 nitrogen and oxygen atoms in total. The lowest BCUT2D eigenvalue weighted by Gasteiger charge is -2.09. The standard InChI is InChI=1S/C20H19NO5S/c1-13-8-16(6-7-18(13)26-11-20(22)23)25-10-19-21-17(12-27-19)14-4-3-5-15(9-14)24-2/h3-9,12H,10-11H2,1-2H3,(H,22,23). The molecule has 1 heterocycles. The van der Waals surface area contributed by atoms with Crippen molar-refractivity contribution in [2.75, 3.05) is 13.7 Å². The number of nitrogens with zero attached hydrogens (tertiary/aromatic N) is 1. The number of hydrogen-bond donors (Lipinski definition) is 1. The first kappa shape index (κ1) is 18.7. The molecular weight excluding hydrogens is 366 g/mol. The van der Waals surface area contributed by atoms with Gasteiger partial charge in [-0.15, -0.1) is 11.3 Å². The Balaban J connectivity index is 1.63. The van der Waals surface area contributed by atoms with Crippen molar-refractivity contribution in [1.82, 2.24) is 4.98 Å². The van der Waals surface area contributed by atoms with Crippen molar-refractivity contribution in [2.24, 2.45) is 0 Å². The van der Waals surface area contributed by atoms with Gasteiger partial charge in [-0.1, -0.05) is 12.1 Å². The van der Waals surface area contributed by atoms with E-state index < -0.39 is 5.97 Å². The van der Waals surface area contributed by atoms with Crippen LogP contribution in [0.4, 0.5) is 0 Å². The molecule has 1 N–H and O–H groups in total. The molecule has 3 aromatic rings. The first-order valence-electron chi connectivity index (χ1n) is 8.22. The normalized spacial score (nSPS) is 10.4. The Morgan fingerprint density at radius 1 is 1.15 bits per heavy atom. The number of hydrogen-bond acceptors (Lipinski definition) is 6. The minimum atomic E-state index is -1.01. The molecule has 1 aromatic heterocycles. The average molecular weight is 385 g/mol. The second kappa shape index (κ2) is 8.55. The van der Waals surface area contributed by atoms with Gasteiger partial charge in [0, 0.05) is 10.9 Å². The molecule has 0 atom stereocenters. The molecule has 0 aliphatic carbocycles. The van der Waals surface area contributed by atoms with E-state index in [0.29, 0.717) is 18.1 Å². The predicted octanol–water partition coefficient (Wildman–Crippen LogP) is 4.17. The molecule has 0 aliphatic rings. The van der Waals surface area contributed by atoms with Crippen LogP contribution in [0.25, 0.3) is 11.3 Å². The molecule has 140 valence electrons. The first-order valence-corrected chi connectivity index (χ1v) is 9.10. The van der Waals surface area contributed by atoms with Crippen molar-refractivity contribution in [3.05, 3.63) is 58.4 Å². The number of carboxylic acids is 1. The summed E-state index contributed by atoms with van der Waals surface area (Å²) in [5.41, 5.74) is 2.68. The zero-order valence-electron chi connectivity index (χ0n) is 15.0. The fraction of sp³-hybridized carbons (Fsp3) is 0.200.